The standard InChI is InChI=1S/C16H24N2O2/c1-4-5-6-7-15(19)18(3)12-13-8-10-14(11-9-13)16(20)17-2/h8-11H,4-7,12H2,1-3H3,(H,17,20). The Labute approximate surface area is 121 Å². The van der Waals surface area contributed by atoms with Crippen LogP contribution >= 0.6 is 0 Å². The minimum atomic E-state index is -0.0967. The molecule has 4 nitrogen and oxygen atoms in total. The Morgan fingerprint density at radius 3 is 2.35 bits per heavy atom. The summed E-state index contributed by atoms with van der Waals surface area (Å²) in [5.74, 6) is 0.0781. The van der Waals surface area contributed by atoms with Crippen molar-refractivity contribution in [2.75, 3.05) is 14.1 Å². The van der Waals surface area contributed by atoms with E-state index in [4.69, 9.17) is 0 Å². The van der Waals surface area contributed by atoms with Crippen molar-refractivity contribution < 1.29 is 9.59 Å². The largest absolute Gasteiger partial charge is 0.355 e. The van der Waals surface area contributed by atoms with Crippen LogP contribution in [-0.2, 0) is 11.3 Å². The Kier molecular flexibility index (Phi) is 6.77. The second-order valence-electron chi connectivity index (χ2n) is 4.98. The molecule has 0 aliphatic rings. The molecule has 0 aliphatic carbocycles. The molecule has 2 amide bonds. The number of benzene rings is 1. The smallest absolute Gasteiger partial charge is 0.251 e. The normalized spacial score (nSPS) is 10.2. The van der Waals surface area contributed by atoms with Crippen LogP contribution in [0.2, 0.25) is 0 Å². The van der Waals surface area contributed by atoms with Crippen molar-refractivity contribution in [1.82, 2.24) is 10.2 Å². The van der Waals surface area contributed by atoms with Crippen molar-refractivity contribution in [3.8, 4) is 0 Å². The Bertz CT molecular complexity index is 440. The zero-order valence-corrected chi connectivity index (χ0v) is 12.6. The van der Waals surface area contributed by atoms with Crippen LogP contribution in [0.25, 0.3) is 0 Å². The predicted molar refractivity (Wildman–Crippen MR) is 80.4 cm³/mol. The molecule has 0 unspecified atom stereocenters. The zero-order chi connectivity index (χ0) is 15.0. The van der Waals surface area contributed by atoms with Gasteiger partial charge in [-0.3, -0.25) is 9.59 Å². The van der Waals surface area contributed by atoms with E-state index < -0.39 is 0 Å². The van der Waals surface area contributed by atoms with E-state index >= 15 is 0 Å². The summed E-state index contributed by atoms with van der Waals surface area (Å²) in [6.45, 7) is 2.71. The summed E-state index contributed by atoms with van der Waals surface area (Å²) < 4.78 is 0. The quantitative estimate of drug-likeness (QED) is 0.778. The van der Waals surface area contributed by atoms with Gasteiger partial charge in [0.15, 0.2) is 0 Å². The molecular weight excluding hydrogens is 252 g/mol. The Balaban J connectivity index is 2.51. The van der Waals surface area contributed by atoms with Crippen molar-refractivity contribution in [2.24, 2.45) is 0 Å². The summed E-state index contributed by atoms with van der Waals surface area (Å²) >= 11 is 0. The van der Waals surface area contributed by atoms with Gasteiger partial charge in [-0.15, -0.1) is 0 Å². The molecule has 0 aromatic heterocycles. The van der Waals surface area contributed by atoms with Crippen molar-refractivity contribution >= 4 is 11.8 Å². The Hall–Kier alpha value is -1.84. The zero-order valence-electron chi connectivity index (χ0n) is 12.6. The average molecular weight is 276 g/mol. The van der Waals surface area contributed by atoms with Crippen LogP contribution in [0, 0.1) is 0 Å². The minimum absolute atomic E-state index is 0.0967. The van der Waals surface area contributed by atoms with E-state index in [0.29, 0.717) is 18.5 Å². The number of amides is 2. The van der Waals surface area contributed by atoms with Crippen molar-refractivity contribution in [3.05, 3.63) is 35.4 Å². The van der Waals surface area contributed by atoms with E-state index in [2.05, 4.69) is 12.2 Å². The highest BCUT2D eigenvalue weighted by Crippen LogP contribution is 2.09. The summed E-state index contributed by atoms with van der Waals surface area (Å²) in [5, 5.41) is 2.58. The third kappa shape index (κ3) is 5.03. The predicted octanol–water partition coefficient (Wildman–Crippen LogP) is 2.58. The topological polar surface area (TPSA) is 49.4 Å². The summed E-state index contributed by atoms with van der Waals surface area (Å²) in [6, 6.07) is 7.34. The number of nitrogens with one attached hydrogen (secondary N) is 1. The monoisotopic (exact) mass is 276 g/mol. The van der Waals surface area contributed by atoms with Crippen LogP contribution in [0.5, 0.6) is 0 Å². The van der Waals surface area contributed by atoms with Gasteiger partial charge in [-0.2, -0.15) is 0 Å². The van der Waals surface area contributed by atoms with Crippen LogP contribution in [0.15, 0.2) is 24.3 Å². The fourth-order valence-corrected chi connectivity index (χ4v) is 1.98. The maximum absolute atomic E-state index is 11.9. The van der Waals surface area contributed by atoms with Gasteiger partial charge in [0.25, 0.3) is 5.91 Å². The lowest BCUT2D eigenvalue weighted by Gasteiger charge is -2.17. The van der Waals surface area contributed by atoms with Gasteiger partial charge in [-0.1, -0.05) is 31.9 Å². The summed E-state index contributed by atoms with van der Waals surface area (Å²) in [4.78, 5) is 25.1. The molecule has 20 heavy (non-hydrogen) atoms. The lowest BCUT2D eigenvalue weighted by Crippen LogP contribution is -2.26. The lowest BCUT2D eigenvalue weighted by atomic mass is 10.1. The van der Waals surface area contributed by atoms with Crippen LogP contribution < -0.4 is 5.32 Å². The van der Waals surface area contributed by atoms with Crippen molar-refractivity contribution in [3.63, 3.8) is 0 Å². The maximum atomic E-state index is 11.9. The number of unbranched alkanes of at least 4 members (excludes halogenated alkanes) is 2. The first-order chi connectivity index (χ1) is 9.58. The van der Waals surface area contributed by atoms with Crippen LogP contribution in [0.3, 0.4) is 0 Å². The summed E-state index contributed by atoms with van der Waals surface area (Å²) in [5.41, 5.74) is 1.66. The molecule has 0 atom stereocenters. The molecule has 4 heteroatoms. The number of nitrogens with zero attached hydrogens (tertiary/aromatic N) is 1. The van der Waals surface area contributed by atoms with E-state index in [1.54, 1.807) is 24.1 Å². The van der Waals surface area contributed by atoms with E-state index in [0.717, 1.165) is 24.8 Å². The van der Waals surface area contributed by atoms with E-state index in [-0.39, 0.29) is 11.8 Å². The average Bonchev–Trinajstić information content (AvgIpc) is 2.47. The van der Waals surface area contributed by atoms with E-state index in [1.807, 2.05) is 19.2 Å². The number of carbonyl (C=O) groups excluding carboxylic acids is 2. The minimum Gasteiger partial charge on any atom is -0.355 e. The highest BCUT2D eigenvalue weighted by molar-refractivity contribution is 5.93. The number of rotatable bonds is 7. The third-order valence-corrected chi connectivity index (χ3v) is 3.28. The van der Waals surface area contributed by atoms with Gasteiger partial charge in [-0.05, 0) is 24.1 Å². The first-order valence-corrected chi connectivity index (χ1v) is 7.13. The Morgan fingerprint density at radius 2 is 1.80 bits per heavy atom. The van der Waals surface area contributed by atoms with E-state index in [1.165, 1.54) is 0 Å². The summed E-state index contributed by atoms with van der Waals surface area (Å²) in [6.07, 6.45) is 3.79. The van der Waals surface area contributed by atoms with Gasteiger partial charge in [0.05, 0.1) is 0 Å². The molecular formula is C16H24N2O2. The SMILES string of the molecule is CCCCCC(=O)N(C)Cc1ccc(C(=O)NC)cc1. The molecule has 0 aliphatic heterocycles. The fourth-order valence-electron chi connectivity index (χ4n) is 1.98. The molecule has 1 aromatic carbocycles. The molecule has 0 radical (unpaired) electrons. The molecule has 0 bridgehead atoms. The maximum Gasteiger partial charge on any atom is 0.251 e. The second kappa shape index (κ2) is 8.35. The first-order valence-electron chi connectivity index (χ1n) is 7.13. The Morgan fingerprint density at radius 1 is 1.15 bits per heavy atom. The molecule has 0 saturated heterocycles. The van der Waals surface area contributed by atoms with Gasteiger partial charge >= 0.3 is 0 Å². The molecule has 1 aromatic rings. The molecule has 0 saturated carbocycles. The van der Waals surface area contributed by atoms with Gasteiger partial charge in [0.2, 0.25) is 5.91 Å². The van der Waals surface area contributed by atoms with Gasteiger partial charge in [0.1, 0.15) is 0 Å². The van der Waals surface area contributed by atoms with Gasteiger partial charge in [0, 0.05) is 32.6 Å². The highest BCUT2D eigenvalue weighted by Gasteiger charge is 2.09. The number of hydrogen-bond donors (Lipinski definition) is 1. The third-order valence-electron chi connectivity index (χ3n) is 3.28. The first kappa shape index (κ1) is 16.2. The van der Waals surface area contributed by atoms with Crippen molar-refractivity contribution in [1.29, 1.82) is 0 Å². The van der Waals surface area contributed by atoms with Crippen LogP contribution in [0.1, 0.15) is 48.5 Å². The number of carbonyl (C=O) groups is 2. The molecule has 1 N–H and O–H groups in total. The molecule has 1 rings (SSSR count). The fraction of sp³-hybridized carbons (Fsp3) is 0.500. The van der Waals surface area contributed by atoms with Crippen LogP contribution in [-0.4, -0.2) is 30.8 Å². The highest BCUT2D eigenvalue weighted by atomic mass is 16.2. The van der Waals surface area contributed by atoms with E-state index in [9.17, 15) is 9.59 Å². The van der Waals surface area contributed by atoms with Crippen molar-refractivity contribution in [2.45, 2.75) is 39.2 Å². The molecule has 0 fully saturated rings. The number of hydrogen-bond acceptors (Lipinski definition) is 2. The lowest BCUT2D eigenvalue weighted by molar-refractivity contribution is -0.130. The van der Waals surface area contributed by atoms with Gasteiger partial charge in [-0.25, -0.2) is 0 Å². The molecule has 0 heterocycles. The summed E-state index contributed by atoms with van der Waals surface area (Å²) in [7, 11) is 3.43. The molecule has 0 spiro atoms. The second-order valence-corrected chi connectivity index (χ2v) is 4.98. The van der Waals surface area contributed by atoms with Gasteiger partial charge < -0.3 is 10.2 Å². The molecule has 110 valence electrons. The van der Waals surface area contributed by atoms with Crippen LogP contribution in [0.4, 0.5) is 0 Å².